The Labute approximate surface area is 168 Å². The van der Waals surface area contributed by atoms with Gasteiger partial charge in [0.05, 0.1) is 12.6 Å². The molecule has 156 valence electrons. The molecule has 27 heavy (non-hydrogen) atoms. The molecule has 0 saturated carbocycles. The van der Waals surface area contributed by atoms with Crippen molar-refractivity contribution < 1.29 is 14.4 Å². The lowest BCUT2D eigenvalue weighted by atomic mass is 9.92. The Bertz CT molecular complexity index is 516. The zero-order valence-electron chi connectivity index (χ0n) is 16.8. The lowest BCUT2D eigenvalue weighted by Crippen LogP contribution is -2.48. The molecule has 3 N–H and O–H groups in total. The van der Waals surface area contributed by atoms with Gasteiger partial charge in [0, 0.05) is 26.1 Å². The van der Waals surface area contributed by atoms with E-state index in [1.54, 1.807) is 0 Å². The maximum atomic E-state index is 12.4. The van der Waals surface area contributed by atoms with Crippen molar-refractivity contribution in [2.24, 2.45) is 11.3 Å². The number of halogens is 1. The molecule has 7 nitrogen and oxygen atoms in total. The minimum absolute atomic E-state index is 0. The fourth-order valence-electron chi connectivity index (χ4n) is 3.56. The van der Waals surface area contributed by atoms with Gasteiger partial charge in [-0.05, 0) is 43.6 Å². The molecule has 2 atom stereocenters. The zero-order valence-corrected chi connectivity index (χ0v) is 17.6. The zero-order chi connectivity index (χ0) is 19.2. The topological polar surface area (TPSA) is 90.5 Å². The molecule has 2 heterocycles. The van der Waals surface area contributed by atoms with Gasteiger partial charge in [-0.2, -0.15) is 0 Å². The van der Waals surface area contributed by atoms with Crippen molar-refractivity contribution in [1.29, 1.82) is 0 Å². The molecule has 2 fully saturated rings. The van der Waals surface area contributed by atoms with E-state index < -0.39 is 0 Å². The number of amides is 3. The molecule has 0 radical (unpaired) electrons. The second-order valence-corrected chi connectivity index (χ2v) is 8.76. The molecular weight excluding hydrogens is 368 g/mol. The summed E-state index contributed by atoms with van der Waals surface area (Å²) < 4.78 is 0. The summed E-state index contributed by atoms with van der Waals surface area (Å²) in [7, 11) is 0. The third kappa shape index (κ3) is 8.47. The molecular formula is C19H35ClN4O3. The monoisotopic (exact) mass is 402 g/mol. The first-order valence-corrected chi connectivity index (χ1v) is 9.80. The molecule has 2 saturated heterocycles. The maximum Gasteiger partial charge on any atom is 0.241 e. The van der Waals surface area contributed by atoms with E-state index in [0.717, 1.165) is 38.8 Å². The van der Waals surface area contributed by atoms with Gasteiger partial charge in [0.1, 0.15) is 0 Å². The van der Waals surface area contributed by atoms with Crippen LogP contribution in [0.15, 0.2) is 0 Å². The van der Waals surface area contributed by atoms with E-state index in [1.807, 2.05) is 25.7 Å². The van der Waals surface area contributed by atoms with Crippen LogP contribution in [0, 0.1) is 11.3 Å². The minimum atomic E-state index is -0.0876. The smallest absolute Gasteiger partial charge is 0.241 e. The number of carbonyl (C=O) groups excluding carboxylic acids is 3. The summed E-state index contributed by atoms with van der Waals surface area (Å²) in [6, 6.07) is -0.0608. The molecule has 0 bridgehead atoms. The van der Waals surface area contributed by atoms with Crippen molar-refractivity contribution in [2.75, 3.05) is 32.7 Å². The standard InChI is InChI=1S/C19H34N4O3.ClH/c1-19(2,3)10-16(24)21-12-17(25)23-9-5-6-14(13-23)11-22-18(26)15-7-4-8-20-15;/h14-15,20H,4-13H2,1-3H3,(H,21,24)(H,22,26);1H. The van der Waals surface area contributed by atoms with Gasteiger partial charge in [0.2, 0.25) is 17.7 Å². The van der Waals surface area contributed by atoms with Crippen LogP contribution in [-0.4, -0.2) is 61.4 Å². The van der Waals surface area contributed by atoms with Crippen LogP contribution in [0.5, 0.6) is 0 Å². The highest BCUT2D eigenvalue weighted by Crippen LogP contribution is 2.18. The fourth-order valence-corrected chi connectivity index (χ4v) is 3.56. The highest BCUT2D eigenvalue weighted by Gasteiger charge is 2.26. The number of hydrogen-bond acceptors (Lipinski definition) is 4. The summed E-state index contributed by atoms with van der Waals surface area (Å²) in [5.74, 6) is 0.222. The molecule has 0 spiro atoms. The Morgan fingerprint density at radius 3 is 2.48 bits per heavy atom. The van der Waals surface area contributed by atoms with Gasteiger partial charge >= 0.3 is 0 Å². The van der Waals surface area contributed by atoms with Gasteiger partial charge in [-0.1, -0.05) is 20.8 Å². The van der Waals surface area contributed by atoms with Crippen LogP contribution >= 0.6 is 12.4 Å². The van der Waals surface area contributed by atoms with Crippen molar-refractivity contribution in [3.63, 3.8) is 0 Å². The quantitative estimate of drug-likeness (QED) is 0.619. The average Bonchev–Trinajstić information content (AvgIpc) is 3.11. The molecule has 2 unspecified atom stereocenters. The average molecular weight is 403 g/mol. The first-order chi connectivity index (χ1) is 12.2. The number of piperidine rings is 1. The van der Waals surface area contributed by atoms with E-state index in [-0.39, 0.29) is 54.0 Å². The predicted molar refractivity (Wildman–Crippen MR) is 108 cm³/mol. The molecule has 2 aliphatic heterocycles. The van der Waals surface area contributed by atoms with Gasteiger partial charge in [-0.25, -0.2) is 0 Å². The summed E-state index contributed by atoms with van der Waals surface area (Å²) in [4.78, 5) is 38.2. The van der Waals surface area contributed by atoms with Crippen LogP contribution in [-0.2, 0) is 14.4 Å². The Kier molecular flexibility index (Phi) is 9.53. The molecule has 0 aliphatic carbocycles. The number of carbonyl (C=O) groups is 3. The van der Waals surface area contributed by atoms with Gasteiger partial charge in [0.25, 0.3) is 0 Å². The Morgan fingerprint density at radius 2 is 1.85 bits per heavy atom. The normalized spacial score (nSPS) is 22.7. The summed E-state index contributed by atoms with van der Waals surface area (Å²) >= 11 is 0. The Hall–Kier alpha value is -1.34. The predicted octanol–water partition coefficient (Wildman–Crippen LogP) is 1.07. The van der Waals surface area contributed by atoms with E-state index in [1.165, 1.54) is 0 Å². The van der Waals surface area contributed by atoms with E-state index in [9.17, 15) is 14.4 Å². The van der Waals surface area contributed by atoms with Gasteiger partial charge in [-0.15, -0.1) is 12.4 Å². The van der Waals surface area contributed by atoms with Crippen LogP contribution in [0.3, 0.4) is 0 Å². The SMILES string of the molecule is CC(C)(C)CC(=O)NCC(=O)N1CCCC(CNC(=O)C2CCCN2)C1.Cl. The Morgan fingerprint density at radius 1 is 1.11 bits per heavy atom. The number of nitrogens with one attached hydrogen (secondary N) is 3. The molecule has 0 aromatic carbocycles. The van der Waals surface area contributed by atoms with Crippen LogP contribution in [0.2, 0.25) is 0 Å². The van der Waals surface area contributed by atoms with Gasteiger partial charge < -0.3 is 20.9 Å². The molecule has 3 amide bonds. The number of likely N-dealkylation sites (tertiary alicyclic amines) is 1. The maximum absolute atomic E-state index is 12.4. The summed E-state index contributed by atoms with van der Waals surface area (Å²) in [5, 5.41) is 8.95. The van der Waals surface area contributed by atoms with E-state index >= 15 is 0 Å². The second-order valence-electron chi connectivity index (χ2n) is 8.76. The molecule has 8 heteroatoms. The lowest BCUT2D eigenvalue weighted by molar-refractivity contribution is -0.134. The molecule has 0 aromatic rings. The van der Waals surface area contributed by atoms with Crippen molar-refractivity contribution in [3.8, 4) is 0 Å². The number of rotatable bonds is 6. The first-order valence-electron chi connectivity index (χ1n) is 9.80. The summed E-state index contributed by atoms with van der Waals surface area (Å²) in [6.45, 7) is 8.94. The van der Waals surface area contributed by atoms with Crippen LogP contribution in [0.25, 0.3) is 0 Å². The number of nitrogens with zero attached hydrogens (tertiary/aromatic N) is 1. The van der Waals surface area contributed by atoms with Gasteiger partial charge in [-0.3, -0.25) is 14.4 Å². The second kappa shape index (κ2) is 10.9. The lowest BCUT2D eigenvalue weighted by Gasteiger charge is -2.33. The van der Waals surface area contributed by atoms with E-state index in [0.29, 0.717) is 19.5 Å². The van der Waals surface area contributed by atoms with Crippen LogP contribution in [0.1, 0.15) is 52.9 Å². The molecule has 0 aromatic heterocycles. The third-order valence-corrected chi connectivity index (χ3v) is 4.94. The largest absolute Gasteiger partial charge is 0.354 e. The van der Waals surface area contributed by atoms with Crippen molar-refractivity contribution in [1.82, 2.24) is 20.9 Å². The van der Waals surface area contributed by atoms with Crippen molar-refractivity contribution in [2.45, 2.75) is 58.9 Å². The summed E-state index contributed by atoms with van der Waals surface area (Å²) in [5.41, 5.74) is -0.0876. The van der Waals surface area contributed by atoms with E-state index in [4.69, 9.17) is 0 Å². The fraction of sp³-hybridized carbons (Fsp3) is 0.842. The molecule has 2 aliphatic rings. The third-order valence-electron chi connectivity index (χ3n) is 4.94. The van der Waals surface area contributed by atoms with Gasteiger partial charge in [0.15, 0.2) is 0 Å². The van der Waals surface area contributed by atoms with Crippen LogP contribution < -0.4 is 16.0 Å². The highest BCUT2D eigenvalue weighted by atomic mass is 35.5. The van der Waals surface area contributed by atoms with E-state index in [2.05, 4.69) is 16.0 Å². The highest BCUT2D eigenvalue weighted by molar-refractivity contribution is 5.85. The number of hydrogen-bond donors (Lipinski definition) is 3. The molecule has 2 rings (SSSR count). The minimum Gasteiger partial charge on any atom is -0.354 e. The summed E-state index contributed by atoms with van der Waals surface area (Å²) in [6.07, 6.45) is 4.30. The first kappa shape index (κ1) is 23.7. The van der Waals surface area contributed by atoms with Crippen LogP contribution in [0.4, 0.5) is 0 Å². The van der Waals surface area contributed by atoms with Crippen molar-refractivity contribution >= 4 is 30.1 Å². The Balaban J connectivity index is 0.00000364. The van der Waals surface area contributed by atoms with Crippen molar-refractivity contribution in [3.05, 3.63) is 0 Å².